The molecule has 6 heteroatoms. The third-order valence-corrected chi connectivity index (χ3v) is 2.97. The molecular formula is C12H22N2O4. The van der Waals surface area contributed by atoms with Crippen molar-refractivity contribution in [2.45, 2.75) is 38.6 Å². The Morgan fingerprint density at radius 3 is 2.89 bits per heavy atom. The van der Waals surface area contributed by atoms with E-state index in [1.54, 1.807) is 4.90 Å². The maximum absolute atomic E-state index is 11.4. The molecule has 1 atom stereocenters. The maximum atomic E-state index is 11.4. The third-order valence-electron chi connectivity index (χ3n) is 2.97. The highest BCUT2D eigenvalue weighted by molar-refractivity contribution is 5.73. The zero-order valence-corrected chi connectivity index (χ0v) is 10.9. The molecule has 18 heavy (non-hydrogen) atoms. The molecule has 0 radical (unpaired) electrons. The Morgan fingerprint density at radius 2 is 2.22 bits per heavy atom. The van der Waals surface area contributed by atoms with E-state index in [-0.39, 0.29) is 18.6 Å². The summed E-state index contributed by atoms with van der Waals surface area (Å²) in [4.78, 5) is 24.1. The normalized spacial score (nSPS) is 18.9. The zero-order valence-electron chi connectivity index (χ0n) is 10.9. The standard InChI is InChI=1S/C12H22N2O4/c1-2-17-8-4-6-11(15)18-9-10-5-3-7-14(10)12(13)16/h10H,2-9H2,1H3,(H2,13,16). The van der Waals surface area contributed by atoms with Crippen molar-refractivity contribution in [3.63, 3.8) is 0 Å². The molecule has 0 saturated carbocycles. The van der Waals surface area contributed by atoms with Crippen molar-refractivity contribution in [3.8, 4) is 0 Å². The number of nitrogens with two attached hydrogens (primary N) is 1. The van der Waals surface area contributed by atoms with Crippen LogP contribution in [-0.4, -0.2) is 49.3 Å². The molecule has 2 amide bonds. The second-order valence-corrected chi connectivity index (χ2v) is 4.31. The average Bonchev–Trinajstić information content (AvgIpc) is 2.80. The van der Waals surface area contributed by atoms with E-state index in [1.165, 1.54) is 0 Å². The summed E-state index contributed by atoms with van der Waals surface area (Å²) in [6.07, 6.45) is 2.77. The van der Waals surface area contributed by atoms with Crippen LogP contribution in [0, 0.1) is 0 Å². The SMILES string of the molecule is CCOCCCC(=O)OCC1CCCN1C(N)=O. The number of primary amides is 1. The summed E-state index contributed by atoms with van der Waals surface area (Å²) in [5.74, 6) is -0.244. The first-order chi connectivity index (χ1) is 8.65. The Bertz CT molecular complexity index is 283. The van der Waals surface area contributed by atoms with E-state index < -0.39 is 6.03 Å². The van der Waals surface area contributed by atoms with Gasteiger partial charge in [-0.2, -0.15) is 0 Å². The second kappa shape index (κ2) is 7.92. The molecule has 1 aliphatic rings. The Hall–Kier alpha value is -1.30. The number of carbonyl (C=O) groups excluding carboxylic acids is 2. The van der Waals surface area contributed by atoms with Crippen LogP contribution in [0.4, 0.5) is 4.79 Å². The van der Waals surface area contributed by atoms with E-state index in [0.717, 1.165) is 12.8 Å². The number of nitrogens with zero attached hydrogens (tertiary/aromatic N) is 1. The van der Waals surface area contributed by atoms with Crippen molar-refractivity contribution in [1.29, 1.82) is 0 Å². The van der Waals surface area contributed by atoms with Crippen molar-refractivity contribution in [3.05, 3.63) is 0 Å². The van der Waals surface area contributed by atoms with Crippen LogP contribution in [0.5, 0.6) is 0 Å². The number of hydrogen-bond acceptors (Lipinski definition) is 4. The van der Waals surface area contributed by atoms with Gasteiger partial charge in [-0.25, -0.2) is 4.79 Å². The summed E-state index contributed by atoms with van der Waals surface area (Å²) in [6, 6.07) is -0.497. The first-order valence-corrected chi connectivity index (χ1v) is 6.44. The molecule has 1 aliphatic heterocycles. The molecule has 0 aliphatic carbocycles. The number of likely N-dealkylation sites (tertiary alicyclic amines) is 1. The number of ether oxygens (including phenoxy) is 2. The lowest BCUT2D eigenvalue weighted by Gasteiger charge is -2.22. The quantitative estimate of drug-likeness (QED) is 0.543. The number of esters is 1. The van der Waals surface area contributed by atoms with E-state index in [1.807, 2.05) is 6.92 Å². The fraction of sp³-hybridized carbons (Fsp3) is 0.833. The minimum absolute atomic E-state index is 0.0571. The van der Waals surface area contributed by atoms with Crippen molar-refractivity contribution in [1.82, 2.24) is 4.90 Å². The fourth-order valence-corrected chi connectivity index (χ4v) is 2.02. The molecule has 0 aromatic heterocycles. The molecule has 0 spiro atoms. The molecule has 0 bridgehead atoms. The lowest BCUT2D eigenvalue weighted by Crippen LogP contribution is -2.41. The van der Waals surface area contributed by atoms with Crippen LogP contribution in [0.2, 0.25) is 0 Å². The molecule has 1 heterocycles. The molecule has 2 N–H and O–H groups in total. The van der Waals surface area contributed by atoms with Crippen LogP contribution in [0.3, 0.4) is 0 Å². The van der Waals surface area contributed by atoms with Crippen molar-refractivity contribution in [2.24, 2.45) is 5.73 Å². The molecule has 104 valence electrons. The Labute approximate surface area is 107 Å². The monoisotopic (exact) mass is 258 g/mol. The lowest BCUT2D eigenvalue weighted by atomic mass is 10.2. The van der Waals surface area contributed by atoms with Gasteiger partial charge in [-0.05, 0) is 26.2 Å². The topological polar surface area (TPSA) is 81.9 Å². The molecule has 0 aromatic rings. The van der Waals surface area contributed by atoms with Gasteiger partial charge in [0.1, 0.15) is 6.61 Å². The fourth-order valence-electron chi connectivity index (χ4n) is 2.02. The summed E-state index contributed by atoms with van der Waals surface area (Å²) in [6.45, 7) is 4.04. The largest absolute Gasteiger partial charge is 0.463 e. The highest BCUT2D eigenvalue weighted by Gasteiger charge is 2.28. The summed E-state index contributed by atoms with van der Waals surface area (Å²) in [5.41, 5.74) is 5.24. The Morgan fingerprint density at radius 1 is 1.44 bits per heavy atom. The number of rotatable bonds is 7. The Balaban J connectivity index is 2.15. The van der Waals surface area contributed by atoms with Crippen molar-refractivity contribution < 1.29 is 19.1 Å². The minimum Gasteiger partial charge on any atom is -0.463 e. The van der Waals surface area contributed by atoms with Crippen LogP contribution in [-0.2, 0) is 14.3 Å². The second-order valence-electron chi connectivity index (χ2n) is 4.31. The first-order valence-electron chi connectivity index (χ1n) is 6.44. The van der Waals surface area contributed by atoms with E-state index in [2.05, 4.69) is 0 Å². The van der Waals surface area contributed by atoms with Gasteiger partial charge in [-0.1, -0.05) is 0 Å². The molecule has 1 fully saturated rings. The van der Waals surface area contributed by atoms with Gasteiger partial charge in [0.2, 0.25) is 0 Å². The third kappa shape index (κ3) is 4.91. The maximum Gasteiger partial charge on any atom is 0.315 e. The molecule has 1 saturated heterocycles. The van der Waals surface area contributed by atoms with Crippen molar-refractivity contribution >= 4 is 12.0 Å². The molecule has 0 aromatic carbocycles. The summed E-state index contributed by atoms with van der Waals surface area (Å²) in [5, 5.41) is 0. The zero-order chi connectivity index (χ0) is 13.4. The van der Waals surface area contributed by atoms with E-state index in [9.17, 15) is 9.59 Å². The summed E-state index contributed by atoms with van der Waals surface area (Å²) >= 11 is 0. The van der Waals surface area contributed by atoms with Gasteiger partial charge >= 0.3 is 12.0 Å². The van der Waals surface area contributed by atoms with Crippen LogP contribution in [0.25, 0.3) is 0 Å². The van der Waals surface area contributed by atoms with E-state index >= 15 is 0 Å². The Kier molecular flexibility index (Phi) is 6.49. The van der Waals surface area contributed by atoms with Gasteiger partial charge < -0.3 is 20.1 Å². The van der Waals surface area contributed by atoms with Gasteiger partial charge in [0, 0.05) is 26.2 Å². The average molecular weight is 258 g/mol. The smallest absolute Gasteiger partial charge is 0.315 e. The molecule has 1 rings (SSSR count). The van der Waals surface area contributed by atoms with E-state index in [0.29, 0.717) is 32.6 Å². The van der Waals surface area contributed by atoms with Crippen molar-refractivity contribution in [2.75, 3.05) is 26.4 Å². The first kappa shape index (κ1) is 14.8. The summed E-state index contributed by atoms with van der Waals surface area (Å²) < 4.78 is 10.3. The minimum atomic E-state index is -0.440. The predicted octanol–water partition coefficient (Wildman–Crippen LogP) is 0.889. The number of urea groups is 1. The van der Waals surface area contributed by atoms with Crippen LogP contribution < -0.4 is 5.73 Å². The molecule has 6 nitrogen and oxygen atoms in total. The van der Waals surface area contributed by atoms with Crippen LogP contribution in [0.15, 0.2) is 0 Å². The van der Waals surface area contributed by atoms with Gasteiger partial charge in [0.25, 0.3) is 0 Å². The van der Waals surface area contributed by atoms with Gasteiger partial charge in [0.05, 0.1) is 6.04 Å². The molecular weight excluding hydrogens is 236 g/mol. The summed E-state index contributed by atoms with van der Waals surface area (Å²) in [7, 11) is 0. The van der Waals surface area contributed by atoms with Crippen LogP contribution in [0.1, 0.15) is 32.6 Å². The lowest BCUT2D eigenvalue weighted by molar-refractivity contribution is -0.145. The number of carbonyl (C=O) groups is 2. The number of amides is 2. The number of hydrogen-bond donors (Lipinski definition) is 1. The van der Waals surface area contributed by atoms with Crippen LogP contribution >= 0.6 is 0 Å². The molecule has 1 unspecified atom stereocenters. The predicted molar refractivity (Wildman–Crippen MR) is 66.0 cm³/mol. The highest BCUT2D eigenvalue weighted by Crippen LogP contribution is 2.17. The van der Waals surface area contributed by atoms with Gasteiger partial charge in [-0.3, -0.25) is 4.79 Å². The highest BCUT2D eigenvalue weighted by atomic mass is 16.5. The van der Waals surface area contributed by atoms with Gasteiger partial charge in [-0.15, -0.1) is 0 Å². The van der Waals surface area contributed by atoms with Gasteiger partial charge in [0.15, 0.2) is 0 Å². The van der Waals surface area contributed by atoms with E-state index in [4.69, 9.17) is 15.2 Å².